The van der Waals surface area contributed by atoms with Crippen LogP contribution in [0.5, 0.6) is 0 Å². The van der Waals surface area contributed by atoms with Crippen LogP contribution < -0.4 is 0 Å². The van der Waals surface area contributed by atoms with Crippen LogP contribution in [-0.4, -0.2) is 96.7 Å². The van der Waals surface area contributed by atoms with E-state index in [0.717, 1.165) is 109 Å². The van der Waals surface area contributed by atoms with Crippen molar-refractivity contribution in [3.05, 3.63) is 0 Å². The van der Waals surface area contributed by atoms with E-state index in [0.29, 0.717) is 25.7 Å². The quantitative estimate of drug-likeness (QED) is 0.0222. The summed E-state index contributed by atoms with van der Waals surface area (Å²) in [5.74, 6) is -2.14. The molecule has 528 valence electrons. The maximum atomic E-state index is 13.0. The lowest BCUT2D eigenvalue weighted by Crippen LogP contribution is -2.30. The predicted octanol–water partition coefficient (Wildman–Crippen LogP) is 20.3. The summed E-state index contributed by atoms with van der Waals surface area (Å²) in [6.07, 6.45) is 53.5. The number of esters is 4. The summed E-state index contributed by atoms with van der Waals surface area (Å²) >= 11 is 0. The van der Waals surface area contributed by atoms with Gasteiger partial charge in [-0.1, -0.05) is 317 Å². The van der Waals surface area contributed by atoms with Gasteiger partial charge in [-0.25, -0.2) is 9.13 Å². The molecule has 0 aliphatic carbocycles. The zero-order valence-corrected chi connectivity index (χ0v) is 59.2. The Kier molecular flexibility index (Phi) is 63.3. The highest BCUT2D eigenvalue weighted by Gasteiger charge is 2.30. The van der Waals surface area contributed by atoms with Crippen molar-refractivity contribution in [1.29, 1.82) is 0 Å². The number of phosphoric ester groups is 2. The zero-order chi connectivity index (χ0) is 65.4. The number of carbonyl (C=O) groups is 4. The van der Waals surface area contributed by atoms with Gasteiger partial charge >= 0.3 is 39.5 Å². The van der Waals surface area contributed by atoms with E-state index in [1.54, 1.807) is 0 Å². The van der Waals surface area contributed by atoms with E-state index in [9.17, 15) is 43.2 Å². The maximum absolute atomic E-state index is 13.0. The van der Waals surface area contributed by atoms with Crippen LogP contribution in [0.4, 0.5) is 0 Å². The number of rotatable bonds is 71. The second kappa shape index (κ2) is 64.8. The van der Waals surface area contributed by atoms with Crippen molar-refractivity contribution in [3.8, 4) is 0 Å². The molecule has 0 amide bonds. The van der Waals surface area contributed by atoms with Crippen LogP contribution in [-0.2, 0) is 65.4 Å². The summed E-state index contributed by atoms with van der Waals surface area (Å²) in [6, 6.07) is 0. The van der Waals surface area contributed by atoms with Crippen molar-refractivity contribution in [2.45, 2.75) is 386 Å². The van der Waals surface area contributed by atoms with Crippen molar-refractivity contribution < 1.29 is 80.2 Å². The summed E-state index contributed by atoms with van der Waals surface area (Å²) in [4.78, 5) is 72.1. The molecule has 0 aliphatic heterocycles. The first-order valence-corrected chi connectivity index (χ1v) is 39.8. The summed E-state index contributed by atoms with van der Waals surface area (Å²) in [5.41, 5.74) is 0. The number of phosphoric acid groups is 2. The van der Waals surface area contributed by atoms with E-state index in [1.165, 1.54) is 180 Å². The minimum absolute atomic E-state index is 0.103. The van der Waals surface area contributed by atoms with Crippen LogP contribution in [0, 0.1) is 0 Å². The van der Waals surface area contributed by atoms with Gasteiger partial charge in [-0.15, -0.1) is 0 Å². The monoisotopic (exact) mass is 1310 g/mol. The van der Waals surface area contributed by atoms with E-state index in [-0.39, 0.29) is 25.7 Å². The molecule has 0 aromatic rings. The molecule has 3 N–H and O–H groups in total. The van der Waals surface area contributed by atoms with Crippen LogP contribution in [0.15, 0.2) is 0 Å². The normalized spacial score (nSPS) is 14.0. The Bertz CT molecular complexity index is 1710. The molecule has 17 nitrogen and oxygen atoms in total. The standard InChI is InChI=1S/C70H136O17P2/c1-5-9-13-17-20-22-24-26-28-30-31-32-34-36-38-40-42-45-49-53-57-70(75)87-66(61-81-68(73)55-51-47-44-41-39-37-35-33-29-27-25-23-21-18-14-10-6-2)63-85-89(78,79)83-59-64(71)58-82-88(76,77)84-62-65(60-80-67(72)54-50-46-16-12-8-4)86-69(74)56-52-48-43-19-15-11-7-3/h64-66,71H,5-63H2,1-4H3,(H,76,77)(H,78,79)/t64-,65+,66+/m0/s1. The largest absolute Gasteiger partial charge is 0.472 e. The van der Waals surface area contributed by atoms with Gasteiger partial charge in [0.2, 0.25) is 0 Å². The minimum atomic E-state index is -4.95. The van der Waals surface area contributed by atoms with Crippen LogP contribution in [0.25, 0.3) is 0 Å². The number of carbonyl (C=O) groups excluding carboxylic acids is 4. The molecular weight excluding hydrogens is 1170 g/mol. The van der Waals surface area contributed by atoms with Gasteiger partial charge in [0.05, 0.1) is 26.4 Å². The molecule has 0 heterocycles. The fraction of sp³-hybridized carbons (Fsp3) is 0.943. The van der Waals surface area contributed by atoms with Crippen molar-refractivity contribution in [2.75, 3.05) is 39.6 Å². The SMILES string of the molecule is CCCCCCCCCCCCCCCCCCCCCCC(=O)O[C@H](COC(=O)CCCCCCCCCCCCCCCCCCC)COP(=O)(O)OC[C@@H](O)COP(=O)(O)OC[C@@H](COC(=O)CCCCCCC)OC(=O)CCCCCCCCC. The second-order valence-electron chi connectivity index (χ2n) is 25.3. The molecule has 0 fully saturated rings. The first-order chi connectivity index (χ1) is 43.2. The van der Waals surface area contributed by atoms with Gasteiger partial charge in [0.25, 0.3) is 0 Å². The van der Waals surface area contributed by atoms with Gasteiger partial charge in [0.15, 0.2) is 12.2 Å². The predicted molar refractivity (Wildman–Crippen MR) is 359 cm³/mol. The maximum Gasteiger partial charge on any atom is 0.472 e. The molecule has 89 heavy (non-hydrogen) atoms. The third-order valence-corrected chi connectivity index (χ3v) is 18.3. The third kappa shape index (κ3) is 64.6. The lowest BCUT2D eigenvalue weighted by Gasteiger charge is -2.21. The zero-order valence-electron chi connectivity index (χ0n) is 57.4. The second-order valence-corrected chi connectivity index (χ2v) is 28.2. The fourth-order valence-corrected chi connectivity index (χ4v) is 12.3. The van der Waals surface area contributed by atoms with Gasteiger partial charge < -0.3 is 33.8 Å². The lowest BCUT2D eigenvalue weighted by molar-refractivity contribution is -0.161. The van der Waals surface area contributed by atoms with Crippen LogP contribution in [0.3, 0.4) is 0 Å². The molecule has 0 saturated carbocycles. The molecule has 0 aromatic heterocycles. The average Bonchev–Trinajstić information content (AvgIpc) is 3.57. The molecule has 0 rings (SSSR count). The van der Waals surface area contributed by atoms with E-state index >= 15 is 0 Å². The van der Waals surface area contributed by atoms with Gasteiger partial charge in [-0.2, -0.15) is 0 Å². The first-order valence-electron chi connectivity index (χ1n) is 36.8. The Labute approximate surface area is 543 Å². The number of hydrogen-bond donors (Lipinski definition) is 3. The van der Waals surface area contributed by atoms with Gasteiger partial charge in [-0.3, -0.25) is 37.3 Å². The minimum Gasteiger partial charge on any atom is -0.462 e. The van der Waals surface area contributed by atoms with E-state index in [2.05, 4.69) is 27.7 Å². The molecule has 0 saturated heterocycles. The molecule has 0 radical (unpaired) electrons. The molecule has 0 aromatic carbocycles. The molecule has 2 unspecified atom stereocenters. The van der Waals surface area contributed by atoms with Crippen LogP contribution in [0.2, 0.25) is 0 Å². The summed E-state index contributed by atoms with van der Waals surface area (Å²) < 4.78 is 67.9. The number of aliphatic hydroxyl groups is 1. The molecule has 19 heteroatoms. The van der Waals surface area contributed by atoms with Crippen molar-refractivity contribution in [2.24, 2.45) is 0 Å². The third-order valence-electron chi connectivity index (χ3n) is 16.4. The summed E-state index contributed by atoms with van der Waals surface area (Å²) in [5, 5.41) is 10.5. The number of aliphatic hydroxyl groups excluding tert-OH is 1. The highest BCUT2D eigenvalue weighted by molar-refractivity contribution is 7.47. The van der Waals surface area contributed by atoms with Crippen molar-refractivity contribution in [3.63, 3.8) is 0 Å². The highest BCUT2D eigenvalue weighted by atomic mass is 31.2. The molecular formula is C70H136O17P2. The lowest BCUT2D eigenvalue weighted by atomic mass is 10.0. The van der Waals surface area contributed by atoms with E-state index in [4.69, 9.17) is 37.0 Å². The summed E-state index contributed by atoms with van der Waals surface area (Å²) in [6.45, 7) is 4.81. The van der Waals surface area contributed by atoms with Crippen LogP contribution >= 0.6 is 15.6 Å². The number of hydrogen-bond acceptors (Lipinski definition) is 15. The first kappa shape index (κ1) is 87.1. The molecule has 5 atom stereocenters. The Balaban J connectivity index is 5.08. The Morgan fingerprint density at radius 3 is 0.663 bits per heavy atom. The van der Waals surface area contributed by atoms with Crippen molar-refractivity contribution >= 4 is 39.5 Å². The fourth-order valence-electron chi connectivity index (χ4n) is 10.7. The average molecular weight is 1310 g/mol. The molecule has 0 aliphatic rings. The highest BCUT2D eigenvalue weighted by Crippen LogP contribution is 2.45. The Hall–Kier alpha value is -1.94. The topological polar surface area (TPSA) is 237 Å². The van der Waals surface area contributed by atoms with E-state index in [1.807, 2.05) is 0 Å². The smallest absolute Gasteiger partial charge is 0.462 e. The van der Waals surface area contributed by atoms with Gasteiger partial charge in [-0.05, 0) is 25.7 Å². The Morgan fingerprint density at radius 1 is 0.270 bits per heavy atom. The van der Waals surface area contributed by atoms with Crippen LogP contribution in [0.1, 0.15) is 368 Å². The van der Waals surface area contributed by atoms with Gasteiger partial charge in [0, 0.05) is 25.7 Å². The number of ether oxygens (including phenoxy) is 4. The van der Waals surface area contributed by atoms with Gasteiger partial charge in [0.1, 0.15) is 19.3 Å². The van der Waals surface area contributed by atoms with E-state index < -0.39 is 97.5 Å². The molecule has 0 bridgehead atoms. The number of unbranched alkanes of at least 4 members (excludes halogenated alkanes) is 45. The molecule has 0 spiro atoms. The summed E-state index contributed by atoms with van der Waals surface area (Å²) in [7, 11) is -9.88. The van der Waals surface area contributed by atoms with Crippen molar-refractivity contribution in [1.82, 2.24) is 0 Å². The Morgan fingerprint density at radius 2 is 0.449 bits per heavy atom.